The van der Waals surface area contributed by atoms with Crippen molar-refractivity contribution in [3.63, 3.8) is 0 Å². The third-order valence-corrected chi connectivity index (χ3v) is 8.56. The summed E-state index contributed by atoms with van der Waals surface area (Å²) in [6.07, 6.45) is 2.76. The highest BCUT2D eigenvalue weighted by Crippen LogP contribution is 2.31. The van der Waals surface area contributed by atoms with Crippen LogP contribution in [0.3, 0.4) is 0 Å². The molecule has 1 amide bonds. The maximum absolute atomic E-state index is 12.8. The second-order valence-electron chi connectivity index (χ2n) is 7.94. The van der Waals surface area contributed by atoms with Crippen LogP contribution in [0.15, 0.2) is 47.4 Å². The fraction of sp³-hybridized carbons (Fsp3) is 0.391. The topological polar surface area (TPSA) is 88.6 Å². The number of hydrogen-bond acceptors (Lipinski definition) is 6. The number of carbonyl (C=O) groups excluding carboxylic acids is 1. The van der Waals surface area contributed by atoms with E-state index in [4.69, 9.17) is 4.74 Å². The van der Waals surface area contributed by atoms with Gasteiger partial charge in [-0.3, -0.25) is 10.1 Å². The average Bonchev–Trinajstić information content (AvgIpc) is 3.47. The Morgan fingerprint density at radius 1 is 1.22 bits per heavy atom. The Balaban J connectivity index is 1.44. The lowest BCUT2D eigenvalue weighted by atomic mass is 9.98. The number of thiazole rings is 1. The number of nitrogens with one attached hydrogen (secondary N) is 1. The summed E-state index contributed by atoms with van der Waals surface area (Å²) in [6.45, 7) is 5.23. The molecule has 0 bridgehead atoms. The fourth-order valence-corrected chi connectivity index (χ4v) is 6.27. The van der Waals surface area contributed by atoms with Gasteiger partial charge >= 0.3 is 0 Å². The van der Waals surface area contributed by atoms with Crippen molar-refractivity contribution in [3.05, 3.63) is 48.0 Å². The molecule has 1 aliphatic heterocycles. The average molecular weight is 474 g/mol. The van der Waals surface area contributed by atoms with Crippen LogP contribution in [0.2, 0.25) is 0 Å². The van der Waals surface area contributed by atoms with Gasteiger partial charge in [-0.15, -0.1) is 0 Å². The first-order valence-electron chi connectivity index (χ1n) is 10.8. The van der Waals surface area contributed by atoms with E-state index in [-0.39, 0.29) is 17.4 Å². The molecule has 1 fully saturated rings. The van der Waals surface area contributed by atoms with Gasteiger partial charge < -0.3 is 4.74 Å². The summed E-state index contributed by atoms with van der Waals surface area (Å²) in [6, 6.07) is 12.6. The van der Waals surface area contributed by atoms with Crippen LogP contribution in [0, 0.1) is 0 Å². The molecule has 1 unspecified atom stereocenters. The molecule has 0 aliphatic carbocycles. The molecule has 1 atom stereocenters. The molecular formula is C23H27N3O4S2. The van der Waals surface area contributed by atoms with Crippen LogP contribution in [-0.2, 0) is 14.8 Å². The van der Waals surface area contributed by atoms with Crippen LogP contribution in [-0.4, -0.2) is 43.3 Å². The fourth-order valence-electron chi connectivity index (χ4n) is 3.73. The summed E-state index contributed by atoms with van der Waals surface area (Å²) >= 11 is 1.25. The van der Waals surface area contributed by atoms with Crippen molar-refractivity contribution in [1.82, 2.24) is 9.29 Å². The van der Waals surface area contributed by atoms with Crippen molar-refractivity contribution in [1.29, 1.82) is 0 Å². The molecule has 0 spiro atoms. The number of hydrogen-bond donors (Lipinski definition) is 1. The molecule has 7 nitrogen and oxygen atoms in total. The van der Waals surface area contributed by atoms with Gasteiger partial charge in [0, 0.05) is 13.1 Å². The van der Waals surface area contributed by atoms with Gasteiger partial charge in [0.05, 0.1) is 15.1 Å². The van der Waals surface area contributed by atoms with Crippen LogP contribution < -0.4 is 10.1 Å². The summed E-state index contributed by atoms with van der Waals surface area (Å²) in [4.78, 5) is 17.1. The second-order valence-corrected chi connectivity index (χ2v) is 10.9. The van der Waals surface area contributed by atoms with Crippen molar-refractivity contribution in [2.75, 3.05) is 25.0 Å². The number of carbonyl (C=O) groups is 1. The van der Waals surface area contributed by atoms with E-state index in [1.165, 1.54) is 15.6 Å². The van der Waals surface area contributed by atoms with Gasteiger partial charge in [0.15, 0.2) is 11.7 Å². The Bertz CT molecular complexity index is 1220. The quantitative estimate of drug-likeness (QED) is 0.516. The Morgan fingerprint density at radius 3 is 2.72 bits per heavy atom. The van der Waals surface area contributed by atoms with Crippen molar-refractivity contribution in [2.24, 2.45) is 0 Å². The molecule has 0 radical (unpaired) electrons. The van der Waals surface area contributed by atoms with Crippen molar-refractivity contribution in [2.45, 2.75) is 43.9 Å². The van der Waals surface area contributed by atoms with Gasteiger partial charge in [-0.1, -0.05) is 43.4 Å². The number of ether oxygens (including phenoxy) is 1. The van der Waals surface area contributed by atoms with Gasteiger partial charge in [0.2, 0.25) is 10.0 Å². The highest BCUT2D eigenvalue weighted by molar-refractivity contribution is 7.89. The van der Waals surface area contributed by atoms with Crippen LogP contribution in [0.1, 0.15) is 44.6 Å². The smallest absolute Gasteiger partial charge is 0.264 e. The maximum atomic E-state index is 12.8. The number of nitrogens with zero attached hydrogens (tertiary/aromatic N) is 2. The Hall–Kier alpha value is -2.49. The summed E-state index contributed by atoms with van der Waals surface area (Å²) in [5.41, 5.74) is 1.73. The van der Waals surface area contributed by atoms with Gasteiger partial charge in [-0.05, 0) is 55.0 Å². The molecule has 2 aromatic carbocycles. The summed E-state index contributed by atoms with van der Waals surface area (Å²) in [5, 5.41) is 3.18. The van der Waals surface area contributed by atoms with E-state index in [9.17, 15) is 13.2 Å². The number of anilines is 1. The molecule has 3 aromatic rings. The molecule has 9 heteroatoms. The zero-order valence-electron chi connectivity index (χ0n) is 18.2. The lowest BCUT2D eigenvalue weighted by Crippen LogP contribution is -2.27. The number of benzene rings is 2. The molecule has 1 saturated heterocycles. The minimum absolute atomic E-state index is 0.127. The normalized spacial score (nSPS) is 15.7. The molecule has 1 aliphatic rings. The standard InChI is InChI=1S/C23H27N3O4S2/c1-3-16(2)18-8-4-5-9-20(18)30-15-22(27)25-23-24-19-11-10-17(14-21(19)31-23)32(28,29)26-12-6-7-13-26/h4-5,8-11,14,16H,3,6-7,12-13,15H2,1-2H3,(H,24,25,27). The number of amides is 1. The van der Waals surface area contributed by atoms with Gasteiger partial charge in [-0.25, -0.2) is 13.4 Å². The minimum Gasteiger partial charge on any atom is -0.483 e. The summed E-state index contributed by atoms with van der Waals surface area (Å²) < 4.78 is 33.6. The van der Waals surface area contributed by atoms with Crippen molar-refractivity contribution in [3.8, 4) is 5.75 Å². The molecule has 2 heterocycles. The zero-order chi connectivity index (χ0) is 22.7. The number of fused-ring (bicyclic) bond motifs is 1. The summed E-state index contributed by atoms with van der Waals surface area (Å²) in [7, 11) is -3.49. The molecule has 1 N–H and O–H groups in total. The number of sulfonamides is 1. The first-order chi connectivity index (χ1) is 15.4. The van der Waals surface area contributed by atoms with Crippen LogP contribution >= 0.6 is 11.3 Å². The molecule has 1 aromatic heterocycles. The monoisotopic (exact) mass is 473 g/mol. The molecule has 4 rings (SSSR count). The first kappa shape index (κ1) is 22.7. The van der Waals surface area contributed by atoms with E-state index in [2.05, 4.69) is 24.1 Å². The SMILES string of the molecule is CCC(C)c1ccccc1OCC(=O)Nc1nc2ccc(S(=O)(=O)N3CCCC3)cc2s1. The van der Waals surface area contributed by atoms with Gasteiger partial charge in [0.25, 0.3) is 5.91 Å². The molecule has 32 heavy (non-hydrogen) atoms. The van der Waals surface area contributed by atoms with Gasteiger partial charge in [0.1, 0.15) is 5.75 Å². The van der Waals surface area contributed by atoms with Crippen LogP contribution in [0.4, 0.5) is 5.13 Å². The predicted octanol–water partition coefficient (Wildman–Crippen LogP) is 4.61. The maximum Gasteiger partial charge on any atom is 0.264 e. The van der Waals surface area contributed by atoms with E-state index in [0.29, 0.717) is 40.1 Å². The Kier molecular flexibility index (Phi) is 6.78. The van der Waals surface area contributed by atoms with E-state index >= 15 is 0 Å². The third-order valence-electron chi connectivity index (χ3n) is 5.73. The highest BCUT2D eigenvalue weighted by atomic mass is 32.2. The van der Waals surface area contributed by atoms with E-state index in [1.54, 1.807) is 18.2 Å². The third kappa shape index (κ3) is 4.79. The number of aromatic nitrogens is 1. The number of para-hydroxylation sites is 1. The van der Waals surface area contributed by atoms with Crippen molar-refractivity contribution < 1.29 is 17.9 Å². The van der Waals surface area contributed by atoms with Crippen LogP contribution in [0.5, 0.6) is 5.75 Å². The van der Waals surface area contributed by atoms with Gasteiger partial charge in [-0.2, -0.15) is 4.31 Å². The molecule has 0 saturated carbocycles. The molecule has 170 valence electrons. The highest BCUT2D eigenvalue weighted by Gasteiger charge is 2.27. The lowest BCUT2D eigenvalue weighted by molar-refractivity contribution is -0.118. The van der Waals surface area contributed by atoms with Crippen molar-refractivity contribution >= 4 is 42.6 Å². The summed E-state index contributed by atoms with van der Waals surface area (Å²) in [5.74, 6) is 0.732. The van der Waals surface area contributed by atoms with Crippen LogP contribution in [0.25, 0.3) is 10.2 Å². The van der Waals surface area contributed by atoms with E-state index in [1.807, 2.05) is 24.3 Å². The van der Waals surface area contributed by atoms with E-state index < -0.39 is 10.0 Å². The lowest BCUT2D eigenvalue weighted by Gasteiger charge is -2.15. The zero-order valence-corrected chi connectivity index (χ0v) is 19.8. The largest absolute Gasteiger partial charge is 0.483 e. The first-order valence-corrected chi connectivity index (χ1v) is 13.1. The van der Waals surface area contributed by atoms with E-state index in [0.717, 1.165) is 24.8 Å². The second kappa shape index (κ2) is 9.56. The Morgan fingerprint density at radius 2 is 1.97 bits per heavy atom. The Labute approximate surface area is 192 Å². The minimum atomic E-state index is -3.49. The number of rotatable bonds is 8. The predicted molar refractivity (Wildman–Crippen MR) is 127 cm³/mol. The molecular weight excluding hydrogens is 446 g/mol.